The standard InChI is InChI=1S/C12H22O3/c1-9(2)10(3)14-12(13)15-11-7-5-4-6-8-11/h9-11H,4-8H2,1-3H3. The summed E-state index contributed by atoms with van der Waals surface area (Å²) in [6.45, 7) is 5.95. The van der Waals surface area contributed by atoms with E-state index in [-0.39, 0.29) is 12.2 Å². The van der Waals surface area contributed by atoms with Gasteiger partial charge in [0, 0.05) is 0 Å². The molecule has 3 heteroatoms. The zero-order chi connectivity index (χ0) is 11.3. The van der Waals surface area contributed by atoms with Crippen LogP contribution in [0.5, 0.6) is 0 Å². The monoisotopic (exact) mass is 214 g/mol. The third-order valence-corrected chi connectivity index (χ3v) is 3.04. The topological polar surface area (TPSA) is 35.5 Å². The number of hydrogen-bond donors (Lipinski definition) is 0. The Kier molecular flexibility index (Phi) is 4.92. The summed E-state index contributed by atoms with van der Waals surface area (Å²) in [6, 6.07) is 0. The maximum Gasteiger partial charge on any atom is 0.508 e. The fourth-order valence-corrected chi connectivity index (χ4v) is 1.63. The number of carbonyl (C=O) groups is 1. The summed E-state index contributed by atoms with van der Waals surface area (Å²) in [7, 11) is 0. The van der Waals surface area contributed by atoms with Crippen LogP contribution in [-0.4, -0.2) is 18.4 Å². The molecule has 1 atom stereocenters. The average molecular weight is 214 g/mol. The summed E-state index contributed by atoms with van der Waals surface area (Å²) in [5.74, 6) is 0.337. The Labute approximate surface area is 92.1 Å². The smallest absolute Gasteiger partial charge is 0.431 e. The highest BCUT2D eigenvalue weighted by Crippen LogP contribution is 2.21. The van der Waals surface area contributed by atoms with E-state index in [1.54, 1.807) is 0 Å². The van der Waals surface area contributed by atoms with Crippen molar-refractivity contribution in [3.05, 3.63) is 0 Å². The molecule has 0 N–H and O–H groups in total. The van der Waals surface area contributed by atoms with Crippen LogP contribution in [0.15, 0.2) is 0 Å². The van der Waals surface area contributed by atoms with Crippen LogP contribution < -0.4 is 0 Å². The molecule has 0 aromatic rings. The molecule has 1 aliphatic rings. The van der Waals surface area contributed by atoms with Gasteiger partial charge in [-0.05, 0) is 38.5 Å². The van der Waals surface area contributed by atoms with Crippen LogP contribution in [0.4, 0.5) is 4.79 Å². The summed E-state index contributed by atoms with van der Waals surface area (Å²) in [6.07, 6.45) is 5.10. The number of rotatable bonds is 3. The quantitative estimate of drug-likeness (QED) is 0.674. The molecule has 88 valence electrons. The Morgan fingerprint density at radius 3 is 2.27 bits per heavy atom. The number of carbonyl (C=O) groups excluding carboxylic acids is 1. The second-order valence-corrected chi connectivity index (χ2v) is 4.69. The molecule has 0 heterocycles. The molecule has 1 rings (SSSR count). The van der Waals surface area contributed by atoms with E-state index in [0.29, 0.717) is 5.92 Å². The van der Waals surface area contributed by atoms with Gasteiger partial charge in [-0.15, -0.1) is 0 Å². The molecule has 0 saturated heterocycles. The van der Waals surface area contributed by atoms with Crippen LogP contribution in [0.2, 0.25) is 0 Å². The van der Waals surface area contributed by atoms with Crippen LogP contribution in [0.1, 0.15) is 52.9 Å². The first-order valence-electron chi connectivity index (χ1n) is 5.97. The minimum absolute atomic E-state index is 0.0684. The predicted octanol–water partition coefficient (Wildman–Crippen LogP) is 3.52. The van der Waals surface area contributed by atoms with E-state index in [9.17, 15) is 4.79 Å². The zero-order valence-electron chi connectivity index (χ0n) is 9.99. The van der Waals surface area contributed by atoms with E-state index in [0.717, 1.165) is 25.7 Å². The van der Waals surface area contributed by atoms with Crippen molar-refractivity contribution in [3.8, 4) is 0 Å². The predicted molar refractivity (Wildman–Crippen MR) is 58.7 cm³/mol. The van der Waals surface area contributed by atoms with Gasteiger partial charge in [0.05, 0.1) is 0 Å². The van der Waals surface area contributed by atoms with Gasteiger partial charge in [-0.3, -0.25) is 0 Å². The van der Waals surface area contributed by atoms with Gasteiger partial charge in [0.25, 0.3) is 0 Å². The number of hydrogen-bond acceptors (Lipinski definition) is 3. The van der Waals surface area contributed by atoms with Crippen LogP contribution in [0.3, 0.4) is 0 Å². The largest absolute Gasteiger partial charge is 0.508 e. The maximum atomic E-state index is 11.4. The SMILES string of the molecule is CC(C)C(C)OC(=O)OC1CCCCC1. The normalized spacial score (nSPS) is 20.0. The van der Waals surface area contributed by atoms with E-state index in [1.807, 2.05) is 20.8 Å². The minimum Gasteiger partial charge on any atom is -0.431 e. The summed E-state index contributed by atoms with van der Waals surface area (Å²) in [5.41, 5.74) is 0. The van der Waals surface area contributed by atoms with Gasteiger partial charge in [0.1, 0.15) is 12.2 Å². The average Bonchev–Trinajstić information content (AvgIpc) is 2.18. The molecule has 1 fully saturated rings. The molecule has 3 nitrogen and oxygen atoms in total. The van der Waals surface area contributed by atoms with Crippen molar-refractivity contribution in [2.24, 2.45) is 5.92 Å². The van der Waals surface area contributed by atoms with Gasteiger partial charge in [-0.25, -0.2) is 4.79 Å². The van der Waals surface area contributed by atoms with Crippen LogP contribution >= 0.6 is 0 Å². The molecule has 0 bridgehead atoms. The second-order valence-electron chi connectivity index (χ2n) is 4.69. The van der Waals surface area contributed by atoms with Crippen molar-refractivity contribution in [1.82, 2.24) is 0 Å². The van der Waals surface area contributed by atoms with Crippen molar-refractivity contribution in [2.75, 3.05) is 0 Å². The Balaban J connectivity index is 2.22. The van der Waals surface area contributed by atoms with E-state index in [1.165, 1.54) is 6.42 Å². The molecule has 1 aliphatic carbocycles. The summed E-state index contributed by atoms with van der Waals surface area (Å²) in [5, 5.41) is 0. The highest BCUT2D eigenvalue weighted by molar-refractivity contribution is 5.60. The molecule has 0 aromatic carbocycles. The molecule has 0 aromatic heterocycles. The highest BCUT2D eigenvalue weighted by atomic mass is 16.7. The van der Waals surface area contributed by atoms with Crippen LogP contribution in [0.25, 0.3) is 0 Å². The molecule has 0 radical (unpaired) electrons. The lowest BCUT2D eigenvalue weighted by Crippen LogP contribution is -2.26. The lowest BCUT2D eigenvalue weighted by molar-refractivity contribution is -0.0167. The van der Waals surface area contributed by atoms with Crippen molar-refractivity contribution in [2.45, 2.75) is 65.1 Å². The van der Waals surface area contributed by atoms with Crippen LogP contribution in [0, 0.1) is 5.92 Å². The lowest BCUT2D eigenvalue weighted by atomic mass is 9.98. The second kappa shape index (κ2) is 5.99. The first kappa shape index (κ1) is 12.3. The third kappa shape index (κ3) is 4.54. The fourth-order valence-electron chi connectivity index (χ4n) is 1.63. The van der Waals surface area contributed by atoms with Gasteiger partial charge in [-0.2, -0.15) is 0 Å². The molecule has 0 spiro atoms. The Hall–Kier alpha value is -0.730. The highest BCUT2D eigenvalue weighted by Gasteiger charge is 2.20. The van der Waals surface area contributed by atoms with E-state index in [2.05, 4.69) is 0 Å². The minimum atomic E-state index is -0.497. The first-order chi connectivity index (χ1) is 7.09. The first-order valence-corrected chi connectivity index (χ1v) is 5.97. The van der Waals surface area contributed by atoms with Crippen molar-refractivity contribution in [1.29, 1.82) is 0 Å². The molecule has 0 amide bonds. The van der Waals surface area contributed by atoms with Crippen molar-refractivity contribution >= 4 is 6.16 Å². The Morgan fingerprint density at radius 1 is 1.13 bits per heavy atom. The van der Waals surface area contributed by atoms with Gasteiger partial charge < -0.3 is 9.47 Å². The van der Waals surface area contributed by atoms with Crippen LogP contribution in [-0.2, 0) is 9.47 Å². The Bertz CT molecular complexity index is 195. The zero-order valence-corrected chi connectivity index (χ0v) is 9.99. The van der Waals surface area contributed by atoms with Gasteiger partial charge in [0.2, 0.25) is 0 Å². The van der Waals surface area contributed by atoms with E-state index >= 15 is 0 Å². The lowest BCUT2D eigenvalue weighted by Gasteiger charge is -2.23. The molecule has 0 aliphatic heterocycles. The summed E-state index contributed by atoms with van der Waals surface area (Å²) < 4.78 is 10.4. The van der Waals surface area contributed by atoms with Gasteiger partial charge >= 0.3 is 6.16 Å². The van der Waals surface area contributed by atoms with Gasteiger partial charge in [-0.1, -0.05) is 20.3 Å². The van der Waals surface area contributed by atoms with E-state index < -0.39 is 6.16 Å². The fraction of sp³-hybridized carbons (Fsp3) is 0.917. The molecule has 1 unspecified atom stereocenters. The van der Waals surface area contributed by atoms with Crippen molar-refractivity contribution in [3.63, 3.8) is 0 Å². The van der Waals surface area contributed by atoms with E-state index in [4.69, 9.17) is 9.47 Å². The summed E-state index contributed by atoms with van der Waals surface area (Å²) in [4.78, 5) is 11.4. The van der Waals surface area contributed by atoms with Gasteiger partial charge in [0.15, 0.2) is 0 Å². The van der Waals surface area contributed by atoms with Crippen molar-refractivity contribution < 1.29 is 14.3 Å². The molecule has 15 heavy (non-hydrogen) atoms. The maximum absolute atomic E-state index is 11.4. The molecular weight excluding hydrogens is 192 g/mol. The molecular formula is C12H22O3. The summed E-state index contributed by atoms with van der Waals surface area (Å²) >= 11 is 0. The molecule has 1 saturated carbocycles. The number of ether oxygens (including phenoxy) is 2. The Morgan fingerprint density at radius 2 is 1.73 bits per heavy atom. The third-order valence-electron chi connectivity index (χ3n) is 3.04.